The summed E-state index contributed by atoms with van der Waals surface area (Å²) in [5.74, 6) is 1.03. The first-order valence-corrected chi connectivity index (χ1v) is 23.0. The topological polar surface area (TPSA) is 30.7 Å². The van der Waals surface area contributed by atoms with Gasteiger partial charge in [0.15, 0.2) is 5.82 Å². The van der Waals surface area contributed by atoms with Gasteiger partial charge in [-0.1, -0.05) is 171 Å². The second kappa shape index (κ2) is 14.2. The van der Waals surface area contributed by atoms with Crippen LogP contribution in [-0.2, 0) is 5.41 Å². The number of benzene rings is 7. The van der Waals surface area contributed by atoms with Gasteiger partial charge in [0.1, 0.15) is 0 Å². The quantitative estimate of drug-likeness (QED) is 0.173. The summed E-state index contributed by atoms with van der Waals surface area (Å²) in [6, 6.07) is 60.7. The lowest BCUT2D eigenvalue weighted by atomic mass is 9.68. The van der Waals surface area contributed by atoms with E-state index in [0.717, 1.165) is 40.4 Å². The Balaban J connectivity index is 0.981. The minimum Gasteiger partial charge on any atom is -0.309 e. The maximum absolute atomic E-state index is 5.46. The molecule has 0 N–H and O–H groups in total. The normalized spacial score (nSPS) is 16.9. The van der Waals surface area contributed by atoms with Crippen molar-refractivity contribution in [2.45, 2.75) is 54.8 Å². The lowest BCUT2D eigenvalue weighted by molar-refractivity contribution is 0.353. The number of fused-ring (bicyclic) bond motifs is 11. The zero-order chi connectivity index (χ0) is 40.8. The monoisotopic (exact) mass is 813 g/mol. The first kappa shape index (κ1) is 36.0. The van der Waals surface area contributed by atoms with E-state index in [2.05, 4.69) is 187 Å². The van der Waals surface area contributed by atoms with Crippen LogP contribution in [0.1, 0.15) is 61.3 Å². The summed E-state index contributed by atoms with van der Waals surface area (Å²) in [4.78, 5) is 13.3. The molecule has 7 aromatic carbocycles. The first-order chi connectivity index (χ1) is 30.7. The minimum atomic E-state index is 0.155. The number of hydrogen-bond acceptors (Lipinski definition) is 3. The Hall–Kier alpha value is -6.75. The van der Waals surface area contributed by atoms with Gasteiger partial charge in [-0.2, -0.15) is 0 Å². The largest absolute Gasteiger partial charge is 0.309 e. The summed E-state index contributed by atoms with van der Waals surface area (Å²) in [6.45, 7) is 0. The Morgan fingerprint density at radius 3 is 1.97 bits per heavy atom. The molecule has 0 saturated heterocycles. The van der Waals surface area contributed by atoms with E-state index in [1.54, 1.807) is 0 Å². The Labute approximate surface area is 366 Å². The Morgan fingerprint density at radius 2 is 1.16 bits per heavy atom. The molecule has 3 heterocycles. The molecule has 1 unspecified atom stereocenters. The van der Waals surface area contributed by atoms with Crippen molar-refractivity contribution >= 4 is 33.6 Å². The predicted octanol–water partition coefficient (Wildman–Crippen LogP) is 15.5. The summed E-state index contributed by atoms with van der Waals surface area (Å²) in [5.41, 5.74) is 18.8. The van der Waals surface area contributed by atoms with Crippen LogP contribution in [0.25, 0.3) is 83.5 Å². The Morgan fingerprint density at radius 1 is 0.532 bits per heavy atom. The van der Waals surface area contributed by atoms with Crippen LogP contribution >= 0.6 is 11.8 Å². The van der Waals surface area contributed by atoms with Gasteiger partial charge in [-0.25, -0.2) is 9.97 Å². The van der Waals surface area contributed by atoms with Crippen LogP contribution in [0.3, 0.4) is 0 Å². The van der Waals surface area contributed by atoms with Crippen LogP contribution < -0.4 is 0 Å². The zero-order valence-corrected chi connectivity index (χ0v) is 35.2. The summed E-state index contributed by atoms with van der Waals surface area (Å²) < 4.78 is 2.42. The molecule has 4 heteroatoms. The fourth-order valence-corrected chi connectivity index (χ4v) is 12.5. The highest BCUT2D eigenvalue weighted by Crippen LogP contribution is 2.57. The molecule has 4 aliphatic rings. The molecule has 0 bridgehead atoms. The number of para-hydroxylation sites is 1. The standard InChI is InChI=1S/C58H43N3S/c1-4-14-37(15-5-1)38-22-24-39(25-23-38)57-59-54(56-55(60-57)45-19-9-11-21-53(45)62-56)42-28-31-52-48(36-42)47-35-41(27-30-51(47)61(52)43-16-6-2-7-17-43)40-26-29-50-46(34-40)44-18-8-10-20-49(44)58(50)32-12-3-13-33-58/h1-2,4-11,14-18,20-31,34-36,45H,3,12-13,19,32-33H2. The van der Waals surface area contributed by atoms with Crippen molar-refractivity contribution in [2.75, 3.05) is 0 Å². The van der Waals surface area contributed by atoms with Crippen LogP contribution in [0, 0.1) is 0 Å². The van der Waals surface area contributed by atoms with Gasteiger partial charge in [-0.15, -0.1) is 0 Å². The highest BCUT2D eigenvalue weighted by Gasteiger charge is 2.43. The molecule has 62 heavy (non-hydrogen) atoms. The number of nitrogens with zero attached hydrogens (tertiary/aromatic N) is 3. The molecule has 1 saturated carbocycles. The average molecular weight is 814 g/mol. The van der Waals surface area contributed by atoms with Crippen LogP contribution in [0.5, 0.6) is 0 Å². The molecule has 3 aliphatic carbocycles. The van der Waals surface area contributed by atoms with Gasteiger partial charge < -0.3 is 4.57 Å². The molecule has 0 amide bonds. The molecular weight excluding hydrogens is 771 g/mol. The number of hydrogen-bond donors (Lipinski definition) is 0. The lowest BCUT2D eigenvalue weighted by Crippen LogP contribution is -2.27. The first-order valence-electron chi connectivity index (χ1n) is 22.2. The zero-order valence-electron chi connectivity index (χ0n) is 34.4. The molecule has 13 rings (SSSR count). The SMILES string of the molecule is C1=CCC2C(=C1)Sc1c(-c3ccc4c(c3)c3cc(-c5ccc6c(c5)-c5ccccc5C65CCCCC5)ccc3n4-c3ccccc3)nc(-c3ccc(-c4ccccc4)cc3)nc12. The van der Waals surface area contributed by atoms with E-state index >= 15 is 0 Å². The highest BCUT2D eigenvalue weighted by molar-refractivity contribution is 8.03. The van der Waals surface area contributed by atoms with Crippen molar-refractivity contribution < 1.29 is 0 Å². The summed E-state index contributed by atoms with van der Waals surface area (Å²) in [5, 5.41) is 2.46. The van der Waals surface area contributed by atoms with Gasteiger partial charge >= 0.3 is 0 Å². The third kappa shape index (κ3) is 5.52. The lowest BCUT2D eigenvalue weighted by Gasteiger charge is -2.36. The predicted molar refractivity (Wildman–Crippen MR) is 258 cm³/mol. The fourth-order valence-electron chi connectivity index (χ4n) is 11.2. The maximum Gasteiger partial charge on any atom is 0.160 e. The maximum atomic E-state index is 5.46. The second-order valence-corrected chi connectivity index (χ2v) is 18.6. The average Bonchev–Trinajstić information content (AvgIpc) is 3.97. The van der Waals surface area contributed by atoms with Crippen molar-refractivity contribution in [3.63, 3.8) is 0 Å². The fraction of sp³-hybridized carbons (Fsp3) is 0.138. The van der Waals surface area contributed by atoms with Gasteiger partial charge in [0.25, 0.3) is 0 Å². The molecule has 3 nitrogen and oxygen atoms in total. The van der Waals surface area contributed by atoms with E-state index < -0.39 is 0 Å². The smallest absolute Gasteiger partial charge is 0.160 e. The van der Waals surface area contributed by atoms with Crippen molar-refractivity contribution in [1.82, 2.24) is 14.5 Å². The molecule has 1 fully saturated rings. The third-order valence-corrected chi connectivity index (χ3v) is 15.4. The number of aromatic nitrogens is 3. The molecular formula is C58H43N3S. The van der Waals surface area contributed by atoms with Crippen molar-refractivity contribution in [3.8, 4) is 61.7 Å². The molecule has 1 atom stereocenters. The number of allylic oxidation sites excluding steroid dienone is 4. The number of thioether (sulfide) groups is 1. The van der Waals surface area contributed by atoms with Crippen LogP contribution in [0.2, 0.25) is 0 Å². The van der Waals surface area contributed by atoms with Crippen molar-refractivity contribution in [2.24, 2.45) is 0 Å². The van der Waals surface area contributed by atoms with E-state index in [1.165, 1.54) is 108 Å². The Bertz CT molecular complexity index is 3310. The third-order valence-electron chi connectivity index (χ3n) is 14.2. The van der Waals surface area contributed by atoms with Crippen molar-refractivity contribution in [1.29, 1.82) is 0 Å². The molecule has 1 spiro atoms. The molecule has 9 aromatic rings. The van der Waals surface area contributed by atoms with E-state index in [1.807, 2.05) is 11.8 Å². The number of rotatable bonds is 5. The van der Waals surface area contributed by atoms with Crippen LogP contribution in [-0.4, -0.2) is 14.5 Å². The van der Waals surface area contributed by atoms with Crippen LogP contribution in [0.15, 0.2) is 192 Å². The van der Waals surface area contributed by atoms with E-state index in [9.17, 15) is 0 Å². The molecule has 0 radical (unpaired) electrons. The van der Waals surface area contributed by atoms with E-state index in [-0.39, 0.29) is 11.3 Å². The van der Waals surface area contributed by atoms with Gasteiger partial charge in [0.2, 0.25) is 0 Å². The van der Waals surface area contributed by atoms with E-state index in [4.69, 9.17) is 9.97 Å². The van der Waals surface area contributed by atoms with Crippen LogP contribution in [0.4, 0.5) is 0 Å². The summed E-state index contributed by atoms with van der Waals surface area (Å²) >= 11 is 1.85. The molecule has 1 aliphatic heterocycles. The van der Waals surface area contributed by atoms with Gasteiger partial charge in [-0.3, -0.25) is 0 Å². The van der Waals surface area contributed by atoms with Gasteiger partial charge in [0, 0.05) is 38.9 Å². The summed E-state index contributed by atoms with van der Waals surface area (Å²) in [7, 11) is 0. The molecule has 2 aromatic heterocycles. The molecule has 296 valence electrons. The minimum absolute atomic E-state index is 0.155. The van der Waals surface area contributed by atoms with Gasteiger partial charge in [-0.05, 0) is 111 Å². The van der Waals surface area contributed by atoms with Gasteiger partial charge in [0.05, 0.1) is 27.3 Å². The second-order valence-electron chi connectivity index (χ2n) is 17.5. The van der Waals surface area contributed by atoms with Crippen molar-refractivity contribution in [3.05, 3.63) is 204 Å². The van der Waals surface area contributed by atoms with E-state index in [0.29, 0.717) is 0 Å². The summed E-state index contributed by atoms with van der Waals surface area (Å²) in [6.07, 6.45) is 14.1. The highest BCUT2D eigenvalue weighted by atomic mass is 32.2. The Kier molecular flexibility index (Phi) is 8.21.